The Balaban J connectivity index is 2.10. The minimum absolute atomic E-state index is 0.00490. The van der Waals surface area contributed by atoms with Crippen LogP contribution in [0.25, 0.3) is 0 Å². The molecule has 0 spiro atoms. The summed E-state index contributed by atoms with van der Waals surface area (Å²) in [5.74, 6) is 0.0284. The van der Waals surface area contributed by atoms with Crippen LogP contribution >= 0.6 is 11.6 Å². The predicted octanol–water partition coefficient (Wildman–Crippen LogP) is 3.50. The molecule has 4 nitrogen and oxygen atoms in total. The maximum absolute atomic E-state index is 12.7. The summed E-state index contributed by atoms with van der Waals surface area (Å²) in [7, 11) is 0. The van der Waals surface area contributed by atoms with Gasteiger partial charge in [-0.25, -0.2) is 9.97 Å². The maximum atomic E-state index is 12.7. The van der Waals surface area contributed by atoms with Crippen LogP contribution in [-0.2, 0) is 6.18 Å². The zero-order valence-corrected chi connectivity index (χ0v) is 12.1. The van der Waals surface area contributed by atoms with Gasteiger partial charge in [-0.05, 0) is 24.4 Å². The summed E-state index contributed by atoms with van der Waals surface area (Å²) in [6.07, 6.45) is 0.284. The molecule has 1 fully saturated rings. The first-order valence-corrected chi connectivity index (χ1v) is 7.19. The molecule has 0 bridgehead atoms. The van der Waals surface area contributed by atoms with Crippen molar-refractivity contribution in [2.75, 3.05) is 18.5 Å². The van der Waals surface area contributed by atoms with Gasteiger partial charge < -0.3 is 10.4 Å². The molecule has 8 heteroatoms. The summed E-state index contributed by atoms with van der Waals surface area (Å²) < 4.78 is 38.0. The fourth-order valence-corrected chi connectivity index (χ4v) is 2.81. The van der Waals surface area contributed by atoms with Gasteiger partial charge in [0.05, 0.1) is 6.61 Å². The number of alkyl halides is 3. The van der Waals surface area contributed by atoms with Crippen molar-refractivity contribution >= 4 is 17.4 Å². The van der Waals surface area contributed by atoms with E-state index in [1.807, 2.05) is 0 Å². The van der Waals surface area contributed by atoms with E-state index in [9.17, 15) is 18.3 Å². The van der Waals surface area contributed by atoms with E-state index in [1.165, 1.54) is 0 Å². The third kappa shape index (κ3) is 4.20. The Morgan fingerprint density at radius 3 is 2.48 bits per heavy atom. The van der Waals surface area contributed by atoms with Crippen LogP contribution in [0.2, 0.25) is 5.28 Å². The Labute approximate surface area is 125 Å². The first-order valence-electron chi connectivity index (χ1n) is 6.81. The number of aromatic nitrogens is 2. The van der Waals surface area contributed by atoms with Crippen molar-refractivity contribution in [2.24, 2.45) is 5.41 Å². The second-order valence-electron chi connectivity index (χ2n) is 5.48. The van der Waals surface area contributed by atoms with E-state index in [-0.39, 0.29) is 17.8 Å². The molecule has 1 aromatic heterocycles. The lowest BCUT2D eigenvalue weighted by molar-refractivity contribution is -0.141. The topological polar surface area (TPSA) is 58.0 Å². The predicted molar refractivity (Wildman–Crippen MR) is 73.1 cm³/mol. The van der Waals surface area contributed by atoms with Crippen molar-refractivity contribution in [1.82, 2.24) is 9.97 Å². The zero-order valence-electron chi connectivity index (χ0n) is 11.4. The number of hydrogen-bond donors (Lipinski definition) is 2. The molecule has 0 aromatic carbocycles. The molecule has 21 heavy (non-hydrogen) atoms. The van der Waals surface area contributed by atoms with Crippen LogP contribution in [-0.4, -0.2) is 28.2 Å². The normalized spacial score (nSPS) is 18.5. The number of nitrogens with zero attached hydrogens (tertiary/aromatic N) is 2. The highest BCUT2D eigenvalue weighted by Crippen LogP contribution is 2.36. The van der Waals surface area contributed by atoms with Gasteiger partial charge in [0.25, 0.3) is 0 Å². The molecule has 0 unspecified atom stereocenters. The molecule has 0 atom stereocenters. The van der Waals surface area contributed by atoms with Gasteiger partial charge in [-0.15, -0.1) is 0 Å². The minimum atomic E-state index is -4.57. The zero-order chi connectivity index (χ0) is 15.5. The summed E-state index contributed by atoms with van der Waals surface area (Å²) >= 11 is 5.53. The first-order chi connectivity index (χ1) is 9.85. The van der Waals surface area contributed by atoms with E-state index in [2.05, 4.69) is 15.3 Å². The Bertz CT molecular complexity index is 490. The SMILES string of the molecule is OCC1(CNc2cc(C(F)(F)F)nc(Cl)n2)CCCCC1. The van der Waals surface area contributed by atoms with Gasteiger partial charge in [0, 0.05) is 18.0 Å². The molecule has 0 saturated heterocycles. The van der Waals surface area contributed by atoms with Gasteiger partial charge in [0.2, 0.25) is 5.28 Å². The van der Waals surface area contributed by atoms with Gasteiger partial charge in [-0.2, -0.15) is 13.2 Å². The maximum Gasteiger partial charge on any atom is 0.433 e. The smallest absolute Gasteiger partial charge is 0.396 e. The third-order valence-corrected chi connectivity index (χ3v) is 4.05. The number of aliphatic hydroxyl groups is 1. The number of aliphatic hydroxyl groups excluding tert-OH is 1. The summed E-state index contributed by atoms with van der Waals surface area (Å²) in [6, 6.07) is 0.833. The number of halogens is 4. The highest BCUT2D eigenvalue weighted by molar-refractivity contribution is 6.28. The minimum Gasteiger partial charge on any atom is -0.396 e. The first kappa shape index (κ1) is 16.3. The molecule has 0 radical (unpaired) electrons. The van der Waals surface area contributed by atoms with Gasteiger partial charge in [-0.1, -0.05) is 19.3 Å². The fourth-order valence-electron chi connectivity index (χ4n) is 2.62. The van der Waals surface area contributed by atoms with Crippen LogP contribution in [0.5, 0.6) is 0 Å². The summed E-state index contributed by atoms with van der Waals surface area (Å²) in [6.45, 7) is 0.374. The standard InChI is InChI=1S/C13H17ClF3N3O/c14-11-19-9(13(15,16)17)6-10(20-11)18-7-12(8-21)4-2-1-3-5-12/h6,21H,1-5,7-8H2,(H,18,19,20). The van der Waals surface area contributed by atoms with Crippen LogP contribution in [0.15, 0.2) is 6.07 Å². The Hall–Kier alpha value is -1.08. The molecule has 2 rings (SSSR count). The highest BCUT2D eigenvalue weighted by Gasteiger charge is 2.34. The van der Waals surface area contributed by atoms with Crippen molar-refractivity contribution in [2.45, 2.75) is 38.3 Å². The van der Waals surface area contributed by atoms with Crippen molar-refractivity contribution in [1.29, 1.82) is 0 Å². The third-order valence-electron chi connectivity index (χ3n) is 3.88. The second kappa shape index (κ2) is 6.36. The lowest BCUT2D eigenvalue weighted by atomic mass is 9.74. The summed E-state index contributed by atoms with van der Waals surface area (Å²) in [5.41, 5.74) is -1.37. The van der Waals surface area contributed by atoms with E-state index in [0.29, 0.717) is 6.54 Å². The van der Waals surface area contributed by atoms with E-state index in [4.69, 9.17) is 11.6 Å². The second-order valence-corrected chi connectivity index (χ2v) is 5.82. The van der Waals surface area contributed by atoms with Gasteiger partial charge in [-0.3, -0.25) is 0 Å². The quantitative estimate of drug-likeness (QED) is 0.833. The molecule has 0 amide bonds. The lowest BCUT2D eigenvalue weighted by Gasteiger charge is -2.35. The molecule has 1 aromatic rings. The van der Waals surface area contributed by atoms with Crippen molar-refractivity contribution in [3.63, 3.8) is 0 Å². The van der Waals surface area contributed by atoms with Crippen LogP contribution in [0.4, 0.5) is 19.0 Å². The van der Waals surface area contributed by atoms with E-state index >= 15 is 0 Å². The van der Waals surface area contributed by atoms with E-state index in [1.54, 1.807) is 0 Å². The average molecular weight is 324 g/mol. The van der Waals surface area contributed by atoms with Gasteiger partial charge >= 0.3 is 6.18 Å². The number of hydrogen-bond acceptors (Lipinski definition) is 4. The summed E-state index contributed by atoms with van der Waals surface area (Å²) in [5, 5.41) is 12.0. The van der Waals surface area contributed by atoms with Gasteiger partial charge in [0.15, 0.2) is 5.69 Å². The number of anilines is 1. The molecule has 1 aliphatic rings. The van der Waals surface area contributed by atoms with Gasteiger partial charge in [0.1, 0.15) is 5.82 Å². The molecule has 0 aliphatic heterocycles. The van der Waals surface area contributed by atoms with E-state index in [0.717, 1.165) is 38.2 Å². The Morgan fingerprint density at radius 2 is 1.90 bits per heavy atom. The van der Waals surface area contributed by atoms with E-state index < -0.39 is 17.2 Å². The largest absolute Gasteiger partial charge is 0.433 e. The molecule has 1 saturated carbocycles. The van der Waals surface area contributed by atoms with Crippen molar-refractivity contribution in [3.05, 3.63) is 17.0 Å². The Kier molecular flexibility index (Phi) is 4.93. The molecule has 1 heterocycles. The fraction of sp³-hybridized carbons (Fsp3) is 0.692. The van der Waals surface area contributed by atoms with Crippen molar-refractivity contribution < 1.29 is 18.3 Å². The molecule has 1 aliphatic carbocycles. The lowest BCUT2D eigenvalue weighted by Crippen LogP contribution is -2.35. The molecular weight excluding hydrogens is 307 g/mol. The Morgan fingerprint density at radius 1 is 1.24 bits per heavy atom. The van der Waals surface area contributed by atoms with Crippen LogP contribution in [0.1, 0.15) is 37.8 Å². The van der Waals surface area contributed by atoms with Crippen LogP contribution in [0.3, 0.4) is 0 Å². The average Bonchev–Trinajstić information content (AvgIpc) is 2.45. The molecule has 2 N–H and O–H groups in total. The number of rotatable bonds is 4. The van der Waals surface area contributed by atoms with Crippen LogP contribution in [0, 0.1) is 5.41 Å². The molecule has 118 valence electrons. The molecular formula is C13H17ClF3N3O. The highest BCUT2D eigenvalue weighted by atomic mass is 35.5. The summed E-state index contributed by atoms with van der Waals surface area (Å²) in [4.78, 5) is 6.94. The monoisotopic (exact) mass is 323 g/mol. The van der Waals surface area contributed by atoms with Crippen molar-refractivity contribution in [3.8, 4) is 0 Å². The number of nitrogens with one attached hydrogen (secondary N) is 1. The van der Waals surface area contributed by atoms with Crippen LogP contribution < -0.4 is 5.32 Å².